The Morgan fingerprint density at radius 3 is 2.71 bits per heavy atom. The summed E-state index contributed by atoms with van der Waals surface area (Å²) in [6.07, 6.45) is 8.95. The molecule has 108 valence electrons. The predicted molar refractivity (Wildman–Crippen MR) is 80.6 cm³/mol. The molecule has 0 unspecified atom stereocenters. The molecule has 0 fully saturated rings. The molecule has 0 saturated carbocycles. The molecule has 0 atom stereocenters. The third kappa shape index (κ3) is 2.97. The zero-order valence-electron chi connectivity index (χ0n) is 12.3. The largest absolute Gasteiger partial charge is 0.496 e. The number of hydrogen-bond acceptors (Lipinski definition) is 2. The van der Waals surface area contributed by atoms with E-state index >= 15 is 0 Å². The van der Waals surface area contributed by atoms with Gasteiger partial charge in [0, 0.05) is 11.6 Å². The highest BCUT2D eigenvalue weighted by molar-refractivity contribution is 5.97. The number of hydrogen-bond donors (Lipinski definition) is 0. The zero-order valence-corrected chi connectivity index (χ0v) is 12.3. The van der Waals surface area contributed by atoms with Crippen LogP contribution in [0.25, 0.3) is 0 Å². The first-order valence-electron chi connectivity index (χ1n) is 7.45. The number of benzene rings is 1. The summed E-state index contributed by atoms with van der Waals surface area (Å²) in [7, 11) is 1.60. The molecule has 0 bridgehead atoms. The number of fused-ring (bicyclic) bond motifs is 1. The zero-order chi connectivity index (χ0) is 14.7. The second-order valence-corrected chi connectivity index (χ2v) is 5.50. The van der Waals surface area contributed by atoms with Crippen LogP contribution in [0.4, 0.5) is 0 Å². The monoisotopic (exact) mass is 282 g/mol. The van der Waals surface area contributed by atoms with Crippen molar-refractivity contribution >= 4 is 5.78 Å². The molecular formula is C18H20NO2+. The standard InChI is InChI=1S/C18H20NO2/c1-21-18-9-5-4-8-16(18)17(20)13-19-11-10-14-6-2-3-7-15(14)12-19/h4-5,8-12H,2-3,6-7,13H2,1H3/q+1. The molecule has 0 aliphatic heterocycles. The lowest BCUT2D eigenvalue weighted by Crippen LogP contribution is -2.38. The summed E-state index contributed by atoms with van der Waals surface area (Å²) in [6.45, 7) is 0.355. The van der Waals surface area contributed by atoms with Gasteiger partial charge in [0.1, 0.15) is 5.75 Å². The second kappa shape index (κ2) is 6.08. The predicted octanol–water partition coefficient (Wildman–Crippen LogP) is 2.74. The molecule has 1 aromatic heterocycles. The van der Waals surface area contributed by atoms with Gasteiger partial charge in [-0.3, -0.25) is 4.79 Å². The lowest BCUT2D eigenvalue weighted by atomic mass is 9.93. The van der Waals surface area contributed by atoms with E-state index in [0.717, 1.165) is 12.8 Å². The molecule has 0 spiro atoms. The van der Waals surface area contributed by atoms with Crippen molar-refractivity contribution in [2.45, 2.75) is 32.2 Å². The number of rotatable bonds is 4. The number of carbonyl (C=O) groups is 1. The number of ether oxygens (including phenoxy) is 1. The van der Waals surface area contributed by atoms with Gasteiger partial charge in [0.2, 0.25) is 12.3 Å². The Kier molecular flexibility index (Phi) is 4.00. The van der Waals surface area contributed by atoms with E-state index in [-0.39, 0.29) is 5.78 Å². The molecule has 2 aromatic rings. The Balaban J connectivity index is 1.81. The first kappa shape index (κ1) is 13.8. The van der Waals surface area contributed by atoms with Crippen LogP contribution in [0.15, 0.2) is 42.7 Å². The van der Waals surface area contributed by atoms with Gasteiger partial charge in [-0.2, -0.15) is 4.57 Å². The van der Waals surface area contributed by atoms with Crippen molar-refractivity contribution in [1.82, 2.24) is 0 Å². The number of aryl methyl sites for hydroxylation is 2. The fraction of sp³-hybridized carbons (Fsp3) is 0.333. The van der Waals surface area contributed by atoms with Crippen LogP contribution in [0.3, 0.4) is 0 Å². The summed E-state index contributed by atoms with van der Waals surface area (Å²) in [5, 5.41) is 0. The molecule has 1 aliphatic carbocycles. The molecular weight excluding hydrogens is 262 g/mol. The van der Waals surface area contributed by atoms with E-state index in [9.17, 15) is 4.79 Å². The smallest absolute Gasteiger partial charge is 0.231 e. The molecule has 0 radical (unpaired) electrons. The summed E-state index contributed by atoms with van der Waals surface area (Å²) >= 11 is 0. The topological polar surface area (TPSA) is 30.2 Å². The number of carbonyl (C=O) groups excluding carboxylic acids is 1. The van der Waals surface area contributed by atoms with Crippen LogP contribution in [0, 0.1) is 0 Å². The average molecular weight is 282 g/mol. The van der Waals surface area contributed by atoms with Crippen LogP contribution in [-0.4, -0.2) is 12.9 Å². The molecule has 0 saturated heterocycles. The Labute approximate surface area is 125 Å². The summed E-state index contributed by atoms with van der Waals surface area (Å²) < 4.78 is 7.25. The van der Waals surface area contributed by atoms with Crippen molar-refractivity contribution in [2.24, 2.45) is 0 Å². The van der Waals surface area contributed by atoms with E-state index in [1.165, 1.54) is 24.0 Å². The SMILES string of the molecule is COc1ccccc1C(=O)C[n+]1ccc2c(c1)CCCC2. The van der Waals surface area contributed by atoms with Gasteiger partial charge in [-0.15, -0.1) is 0 Å². The lowest BCUT2D eigenvalue weighted by molar-refractivity contribution is -0.683. The van der Waals surface area contributed by atoms with Crippen LogP contribution < -0.4 is 9.30 Å². The van der Waals surface area contributed by atoms with Gasteiger partial charge < -0.3 is 4.74 Å². The number of Topliss-reactive ketones (excluding diaryl/α,β-unsaturated/α-hetero) is 1. The van der Waals surface area contributed by atoms with Crippen molar-refractivity contribution in [1.29, 1.82) is 0 Å². The molecule has 1 aliphatic rings. The van der Waals surface area contributed by atoms with E-state index in [1.54, 1.807) is 7.11 Å². The number of methoxy groups -OCH3 is 1. The van der Waals surface area contributed by atoms with E-state index in [2.05, 4.69) is 12.3 Å². The molecule has 1 aromatic carbocycles. The minimum absolute atomic E-state index is 0.0770. The summed E-state index contributed by atoms with van der Waals surface area (Å²) in [5.74, 6) is 0.717. The van der Waals surface area contributed by atoms with Gasteiger partial charge in [0.25, 0.3) is 0 Å². The minimum atomic E-state index is 0.0770. The molecule has 3 heteroatoms. The van der Waals surface area contributed by atoms with E-state index in [0.29, 0.717) is 17.9 Å². The Hall–Kier alpha value is -2.16. The third-order valence-corrected chi connectivity index (χ3v) is 4.08. The Bertz CT molecular complexity index is 664. The maximum Gasteiger partial charge on any atom is 0.231 e. The Morgan fingerprint density at radius 1 is 1.14 bits per heavy atom. The van der Waals surface area contributed by atoms with Gasteiger partial charge >= 0.3 is 0 Å². The number of pyridine rings is 1. The molecule has 1 heterocycles. The number of nitrogens with zero attached hydrogens (tertiary/aromatic N) is 1. The van der Waals surface area contributed by atoms with Gasteiger partial charge in [-0.05, 0) is 43.4 Å². The van der Waals surface area contributed by atoms with E-state index in [4.69, 9.17) is 4.74 Å². The van der Waals surface area contributed by atoms with Crippen LogP contribution in [0.2, 0.25) is 0 Å². The molecule has 0 amide bonds. The number of aromatic nitrogens is 1. The van der Waals surface area contributed by atoms with Crippen LogP contribution in [-0.2, 0) is 19.4 Å². The summed E-state index contributed by atoms with van der Waals surface area (Å²) in [6, 6.07) is 9.55. The maximum atomic E-state index is 12.5. The maximum absolute atomic E-state index is 12.5. The van der Waals surface area contributed by atoms with E-state index in [1.807, 2.05) is 35.0 Å². The van der Waals surface area contributed by atoms with Crippen molar-refractivity contribution in [3.8, 4) is 5.75 Å². The van der Waals surface area contributed by atoms with Crippen LogP contribution >= 0.6 is 0 Å². The Morgan fingerprint density at radius 2 is 1.90 bits per heavy atom. The molecule has 0 N–H and O–H groups in total. The second-order valence-electron chi connectivity index (χ2n) is 5.50. The fourth-order valence-electron chi connectivity index (χ4n) is 2.94. The lowest BCUT2D eigenvalue weighted by Gasteiger charge is -2.13. The number of para-hydroxylation sites is 1. The van der Waals surface area contributed by atoms with Gasteiger partial charge in [0.15, 0.2) is 12.4 Å². The summed E-state index contributed by atoms with van der Waals surface area (Å²) in [4.78, 5) is 12.5. The highest BCUT2D eigenvalue weighted by atomic mass is 16.5. The first-order valence-corrected chi connectivity index (χ1v) is 7.45. The van der Waals surface area contributed by atoms with E-state index < -0.39 is 0 Å². The average Bonchev–Trinajstić information content (AvgIpc) is 2.54. The summed E-state index contributed by atoms with van der Waals surface area (Å²) in [5.41, 5.74) is 3.46. The van der Waals surface area contributed by atoms with Crippen molar-refractivity contribution in [3.05, 3.63) is 59.4 Å². The van der Waals surface area contributed by atoms with Crippen molar-refractivity contribution in [3.63, 3.8) is 0 Å². The fourth-order valence-corrected chi connectivity index (χ4v) is 2.94. The molecule has 21 heavy (non-hydrogen) atoms. The van der Waals surface area contributed by atoms with Gasteiger partial charge in [-0.1, -0.05) is 12.1 Å². The van der Waals surface area contributed by atoms with Crippen LogP contribution in [0.1, 0.15) is 34.3 Å². The van der Waals surface area contributed by atoms with Crippen molar-refractivity contribution in [2.75, 3.05) is 7.11 Å². The van der Waals surface area contributed by atoms with Crippen molar-refractivity contribution < 1.29 is 14.1 Å². The van der Waals surface area contributed by atoms with Gasteiger partial charge in [0.05, 0.1) is 12.7 Å². The molecule has 3 nitrogen and oxygen atoms in total. The van der Waals surface area contributed by atoms with Gasteiger partial charge in [-0.25, -0.2) is 0 Å². The highest BCUT2D eigenvalue weighted by Crippen LogP contribution is 2.20. The molecule has 3 rings (SSSR count). The van der Waals surface area contributed by atoms with Crippen LogP contribution in [0.5, 0.6) is 5.75 Å². The minimum Gasteiger partial charge on any atom is -0.496 e. The third-order valence-electron chi connectivity index (χ3n) is 4.08. The first-order chi connectivity index (χ1) is 10.3. The normalized spacial score (nSPS) is 13.6. The highest BCUT2D eigenvalue weighted by Gasteiger charge is 2.18. The quantitative estimate of drug-likeness (QED) is 0.637. The number of ketones is 1.